The van der Waals surface area contributed by atoms with Gasteiger partial charge >= 0.3 is 0 Å². The van der Waals surface area contributed by atoms with E-state index in [0.29, 0.717) is 0 Å². The zero-order chi connectivity index (χ0) is 36.1. The van der Waals surface area contributed by atoms with Gasteiger partial charge in [0.15, 0.2) is 0 Å². The van der Waals surface area contributed by atoms with Crippen LogP contribution in [-0.4, -0.2) is 0 Å². The number of para-hydroxylation sites is 1. The monoisotopic (exact) mass is 715 g/mol. The molecule has 0 amide bonds. The Balaban J connectivity index is 1.19. The van der Waals surface area contributed by atoms with Crippen molar-refractivity contribution in [3.63, 3.8) is 0 Å². The average molecular weight is 716 g/mol. The lowest BCUT2D eigenvalue weighted by Crippen LogP contribution is -2.26. The van der Waals surface area contributed by atoms with E-state index >= 15 is 0 Å². The molecule has 55 heavy (non-hydrogen) atoms. The van der Waals surface area contributed by atoms with Crippen LogP contribution in [0.4, 0.5) is 17.1 Å². The van der Waals surface area contributed by atoms with Gasteiger partial charge in [-0.05, 0) is 91.7 Å². The Morgan fingerprint density at radius 1 is 0.364 bits per heavy atom. The molecule has 2 aliphatic rings. The molecule has 0 atom stereocenters. The van der Waals surface area contributed by atoms with E-state index in [2.05, 4.69) is 205 Å². The van der Waals surface area contributed by atoms with E-state index in [1.54, 1.807) is 0 Å². The van der Waals surface area contributed by atoms with E-state index in [1.165, 1.54) is 92.3 Å². The summed E-state index contributed by atoms with van der Waals surface area (Å²) in [6, 6.07) is 74.6. The third-order valence-corrected chi connectivity index (χ3v) is 13.2. The van der Waals surface area contributed by atoms with Crippen LogP contribution in [-0.2, 0) is 5.41 Å². The zero-order valence-electron chi connectivity index (χ0n) is 29.9. The van der Waals surface area contributed by atoms with Gasteiger partial charge in [-0.3, -0.25) is 0 Å². The van der Waals surface area contributed by atoms with Gasteiger partial charge in [0.2, 0.25) is 0 Å². The Kier molecular flexibility index (Phi) is 6.49. The summed E-state index contributed by atoms with van der Waals surface area (Å²) < 4.78 is 2.62. The minimum atomic E-state index is -0.426. The van der Waals surface area contributed by atoms with Crippen LogP contribution in [0.25, 0.3) is 64.3 Å². The molecule has 1 heterocycles. The van der Waals surface area contributed by atoms with Crippen molar-refractivity contribution >= 4 is 59.3 Å². The maximum atomic E-state index is 2.54. The summed E-state index contributed by atoms with van der Waals surface area (Å²) in [6.07, 6.45) is 0. The van der Waals surface area contributed by atoms with Gasteiger partial charge in [0.05, 0.1) is 16.8 Å². The van der Waals surface area contributed by atoms with Gasteiger partial charge in [0.1, 0.15) is 0 Å². The predicted molar refractivity (Wildman–Crippen MR) is 233 cm³/mol. The maximum Gasteiger partial charge on any atom is 0.0726 e. The smallest absolute Gasteiger partial charge is 0.0726 e. The van der Waals surface area contributed by atoms with Crippen LogP contribution >= 0.6 is 11.3 Å². The molecule has 0 N–H and O–H groups in total. The van der Waals surface area contributed by atoms with Crippen LogP contribution in [0.1, 0.15) is 22.3 Å². The standard InChI is InChI=1S/C53H33NS/c1-2-16-35-33-36(32-31-34(35)15-1)54(47-27-11-6-19-39(47)40-22-13-30-50-51(40)42-21-7-12-29-49(42)55-50)48-28-14-26-46-52(48)41-20-5-10-25-45(41)53(46)43-23-8-3-17-37(43)38-18-4-9-24-44(38)53/h1-33H. The molecule has 0 fully saturated rings. The largest absolute Gasteiger partial charge is 0.309 e. The molecule has 1 spiro atoms. The molecular weight excluding hydrogens is 683 g/mol. The molecule has 0 radical (unpaired) electrons. The van der Waals surface area contributed by atoms with Crippen molar-refractivity contribution in [1.29, 1.82) is 0 Å². The molecule has 10 aromatic rings. The second-order valence-electron chi connectivity index (χ2n) is 14.7. The summed E-state index contributed by atoms with van der Waals surface area (Å²) in [5.41, 5.74) is 16.1. The molecule has 256 valence electrons. The van der Waals surface area contributed by atoms with Crippen molar-refractivity contribution in [2.24, 2.45) is 0 Å². The first kappa shape index (κ1) is 30.7. The number of anilines is 3. The van der Waals surface area contributed by atoms with Crippen molar-refractivity contribution in [3.8, 4) is 33.4 Å². The average Bonchev–Trinajstić information content (AvgIpc) is 3.89. The Morgan fingerprint density at radius 2 is 0.909 bits per heavy atom. The fourth-order valence-electron chi connectivity index (χ4n) is 9.93. The highest BCUT2D eigenvalue weighted by molar-refractivity contribution is 7.25. The summed E-state index contributed by atoms with van der Waals surface area (Å²) in [7, 11) is 0. The zero-order valence-corrected chi connectivity index (χ0v) is 30.7. The van der Waals surface area contributed by atoms with Crippen molar-refractivity contribution in [1.82, 2.24) is 0 Å². The summed E-state index contributed by atoms with van der Waals surface area (Å²) in [6.45, 7) is 0. The van der Waals surface area contributed by atoms with Gasteiger partial charge in [0.25, 0.3) is 0 Å². The fraction of sp³-hybridized carbons (Fsp3) is 0.0189. The molecular formula is C53H33NS. The van der Waals surface area contributed by atoms with E-state index in [-0.39, 0.29) is 0 Å². The van der Waals surface area contributed by atoms with Crippen LogP contribution in [0.2, 0.25) is 0 Å². The van der Waals surface area contributed by atoms with Gasteiger partial charge in [0, 0.05) is 37.0 Å². The number of fused-ring (bicyclic) bond motifs is 14. The quantitative estimate of drug-likeness (QED) is 0.175. The minimum absolute atomic E-state index is 0.426. The SMILES string of the molecule is c1ccc(N(c2ccc3ccccc3c2)c2cccc3c2-c2ccccc2C32c3ccccc3-c3ccccc32)c(-c2cccc3sc4ccccc4c23)c1. The Morgan fingerprint density at radius 3 is 1.71 bits per heavy atom. The van der Waals surface area contributed by atoms with E-state index in [1.807, 2.05) is 11.3 Å². The fourth-order valence-corrected chi connectivity index (χ4v) is 11.1. The highest BCUT2D eigenvalue weighted by Gasteiger charge is 2.52. The third-order valence-electron chi connectivity index (χ3n) is 12.1. The van der Waals surface area contributed by atoms with Crippen molar-refractivity contribution in [2.45, 2.75) is 5.41 Å². The number of benzene rings is 9. The second kappa shape index (κ2) is 11.6. The van der Waals surface area contributed by atoms with Crippen molar-refractivity contribution in [3.05, 3.63) is 222 Å². The van der Waals surface area contributed by atoms with Crippen molar-refractivity contribution < 1.29 is 0 Å². The third kappa shape index (κ3) is 4.18. The molecule has 1 aromatic heterocycles. The number of rotatable bonds is 4. The maximum absolute atomic E-state index is 2.54. The van der Waals surface area contributed by atoms with E-state index in [4.69, 9.17) is 0 Å². The lowest BCUT2D eigenvalue weighted by Gasteiger charge is -2.32. The van der Waals surface area contributed by atoms with Gasteiger partial charge in [-0.15, -0.1) is 11.3 Å². The normalized spacial score (nSPS) is 13.2. The first-order chi connectivity index (χ1) is 27.3. The summed E-state index contributed by atoms with van der Waals surface area (Å²) in [5.74, 6) is 0. The lowest BCUT2D eigenvalue weighted by molar-refractivity contribution is 0.794. The van der Waals surface area contributed by atoms with E-state index in [9.17, 15) is 0 Å². The van der Waals surface area contributed by atoms with Crippen molar-refractivity contribution in [2.75, 3.05) is 4.90 Å². The molecule has 0 aliphatic heterocycles. The molecule has 0 saturated heterocycles. The van der Waals surface area contributed by atoms with E-state index in [0.717, 1.165) is 11.4 Å². The number of hydrogen-bond donors (Lipinski definition) is 0. The lowest BCUT2D eigenvalue weighted by atomic mass is 9.70. The Bertz CT molecular complexity index is 3140. The Labute approximate surface area is 324 Å². The highest BCUT2D eigenvalue weighted by Crippen LogP contribution is 2.65. The van der Waals surface area contributed by atoms with Crippen LogP contribution < -0.4 is 4.90 Å². The number of hydrogen-bond acceptors (Lipinski definition) is 2. The molecule has 0 unspecified atom stereocenters. The molecule has 1 nitrogen and oxygen atoms in total. The molecule has 0 bridgehead atoms. The van der Waals surface area contributed by atoms with Gasteiger partial charge in [-0.25, -0.2) is 0 Å². The summed E-state index contributed by atoms with van der Waals surface area (Å²) in [4.78, 5) is 2.54. The minimum Gasteiger partial charge on any atom is -0.309 e. The number of nitrogens with zero attached hydrogens (tertiary/aromatic N) is 1. The summed E-state index contributed by atoms with van der Waals surface area (Å²) >= 11 is 1.87. The first-order valence-corrected chi connectivity index (χ1v) is 19.8. The number of thiophene rings is 1. The van der Waals surface area contributed by atoms with Gasteiger partial charge in [-0.2, -0.15) is 0 Å². The van der Waals surface area contributed by atoms with E-state index < -0.39 is 5.41 Å². The molecule has 0 saturated carbocycles. The Hall–Kier alpha value is -6.74. The van der Waals surface area contributed by atoms with Crippen LogP contribution in [0, 0.1) is 0 Å². The molecule has 12 rings (SSSR count). The predicted octanol–water partition coefficient (Wildman–Crippen LogP) is 14.7. The molecule has 9 aromatic carbocycles. The van der Waals surface area contributed by atoms with Crippen LogP contribution in [0.3, 0.4) is 0 Å². The highest BCUT2D eigenvalue weighted by atomic mass is 32.1. The first-order valence-electron chi connectivity index (χ1n) is 19.0. The van der Waals surface area contributed by atoms with Gasteiger partial charge < -0.3 is 4.90 Å². The molecule has 2 heteroatoms. The summed E-state index contributed by atoms with van der Waals surface area (Å²) in [5, 5.41) is 5.07. The molecule has 2 aliphatic carbocycles. The van der Waals surface area contributed by atoms with Crippen LogP contribution in [0.5, 0.6) is 0 Å². The van der Waals surface area contributed by atoms with Gasteiger partial charge in [-0.1, -0.05) is 164 Å². The second-order valence-corrected chi connectivity index (χ2v) is 15.8. The van der Waals surface area contributed by atoms with Crippen LogP contribution in [0.15, 0.2) is 200 Å². The topological polar surface area (TPSA) is 3.24 Å².